The number of methoxy groups -OCH3 is 1. The largest absolute Gasteiger partial charge is 0.493 e. The van der Waals surface area contributed by atoms with Gasteiger partial charge in [-0.3, -0.25) is 0 Å². The van der Waals surface area contributed by atoms with E-state index in [1.54, 1.807) is 12.1 Å². The number of benzene rings is 2. The number of rotatable bonds is 9. The number of carboxylic acid groups (broad SMARTS) is 1. The molecule has 6 heteroatoms. The fourth-order valence-electron chi connectivity index (χ4n) is 2.53. The van der Waals surface area contributed by atoms with E-state index in [-0.39, 0.29) is 6.61 Å². The maximum atomic E-state index is 10.6. The third kappa shape index (κ3) is 5.93. The maximum absolute atomic E-state index is 10.6. The van der Waals surface area contributed by atoms with Gasteiger partial charge in [-0.1, -0.05) is 43.6 Å². The van der Waals surface area contributed by atoms with Gasteiger partial charge in [0.05, 0.1) is 12.1 Å². The van der Waals surface area contributed by atoms with E-state index in [1.807, 2.05) is 24.3 Å². The predicted octanol–water partition coefficient (Wildman–Crippen LogP) is 5.03. The summed E-state index contributed by atoms with van der Waals surface area (Å²) in [6, 6.07) is 11.2. The van der Waals surface area contributed by atoms with Crippen molar-refractivity contribution in [1.82, 2.24) is 0 Å². The summed E-state index contributed by atoms with van der Waals surface area (Å²) in [7, 11) is 1.50. The summed E-state index contributed by atoms with van der Waals surface area (Å²) in [5, 5.41) is 9.06. The van der Waals surface area contributed by atoms with E-state index in [0.717, 1.165) is 17.4 Å². The Labute approximate surface area is 164 Å². The van der Waals surface area contributed by atoms with Crippen LogP contribution in [0, 0.1) is 0 Å². The molecule has 0 saturated heterocycles. The van der Waals surface area contributed by atoms with E-state index in [2.05, 4.69) is 13.8 Å². The van der Waals surface area contributed by atoms with Crippen LogP contribution in [0.2, 0.25) is 5.02 Å². The van der Waals surface area contributed by atoms with Crippen molar-refractivity contribution in [3.05, 3.63) is 58.6 Å². The van der Waals surface area contributed by atoms with E-state index in [4.69, 9.17) is 30.9 Å². The summed E-state index contributed by atoms with van der Waals surface area (Å²) in [6.45, 7) is 4.87. The Balaban J connectivity index is 2.02. The van der Waals surface area contributed by atoms with Crippen LogP contribution in [-0.2, 0) is 4.79 Å². The van der Waals surface area contributed by atoms with Gasteiger partial charge in [-0.15, -0.1) is 0 Å². The van der Waals surface area contributed by atoms with Crippen LogP contribution in [0.5, 0.6) is 17.2 Å². The molecule has 27 heavy (non-hydrogen) atoms. The lowest BCUT2D eigenvalue weighted by atomic mass is 10.0. The first-order valence-corrected chi connectivity index (χ1v) is 8.93. The number of ether oxygens (including phenoxy) is 3. The fraction of sp³-hybridized carbons (Fsp3) is 0.286. The van der Waals surface area contributed by atoms with Gasteiger partial charge in [0.15, 0.2) is 11.5 Å². The molecule has 144 valence electrons. The molecule has 0 atom stereocenters. The minimum Gasteiger partial charge on any atom is -0.493 e. The molecule has 5 nitrogen and oxygen atoms in total. The Bertz CT molecular complexity index is 814. The van der Waals surface area contributed by atoms with E-state index in [0.29, 0.717) is 34.6 Å². The normalized spacial score (nSPS) is 11.0. The molecule has 0 fully saturated rings. The molecule has 0 aromatic heterocycles. The molecule has 2 rings (SSSR count). The van der Waals surface area contributed by atoms with Gasteiger partial charge < -0.3 is 19.3 Å². The van der Waals surface area contributed by atoms with E-state index in [1.165, 1.54) is 13.2 Å². The molecule has 0 heterocycles. The lowest BCUT2D eigenvalue weighted by Gasteiger charge is -2.16. The van der Waals surface area contributed by atoms with E-state index < -0.39 is 5.97 Å². The second-order valence-electron chi connectivity index (χ2n) is 6.10. The second-order valence-corrected chi connectivity index (χ2v) is 6.50. The highest BCUT2D eigenvalue weighted by atomic mass is 35.5. The molecule has 1 N–H and O–H groups in total. The highest BCUT2D eigenvalue weighted by molar-refractivity contribution is 6.32. The van der Waals surface area contributed by atoms with Gasteiger partial charge in [-0.05, 0) is 41.3 Å². The molecular formula is C21H23ClO5. The number of hydrogen-bond donors (Lipinski definition) is 1. The third-order valence-corrected chi connectivity index (χ3v) is 4.08. The van der Waals surface area contributed by atoms with Crippen molar-refractivity contribution in [2.75, 3.05) is 20.3 Å². The van der Waals surface area contributed by atoms with E-state index in [9.17, 15) is 4.79 Å². The maximum Gasteiger partial charge on any atom is 0.328 e. The van der Waals surface area contributed by atoms with Gasteiger partial charge in [-0.2, -0.15) is 0 Å². The van der Waals surface area contributed by atoms with Crippen molar-refractivity contribution < 1.29 is 24.1 Å². The van der Waals surface area contributed by atoms with Gasteiger partial charge in [0.25, 0.3) is 0 Å². The van der Waals surface area contributed by atoms with Crippen molar-refractivity contribution >= 4 is 23.6 Å². The van der Waals surface area contributed by atoms with Crippen LogP contribution >= 0.6 is 11.6 Å². The third-order valence-electron chi connectivity index (χ3n) is 3.80. The smallest absolute Gasteiger partial charge is 0.328 e. The Hall–Kier alpha value is -2.66. The lowest BCUT2D eigenvalue weighted by Crippen LogP contribution is -2.11. The van der Waals surface area contributed by atoms with Crippen molar-refractivity contribution in [3.63, 3.8) is 0 Å². The first kappa shape index (κ1) is 20.6. The van der Waals surface area contributed by atoms with Crippen molar-refractivity contribution in [2.24, 2.45) is 0 Å². The molecule has 0 radical (unpaired) electrons. The molecule has 0 aliphatic heterocycles. The topological polar surface area (TPSA) is 65.0 Å². The first-order valence-electron chi connectivity index (χ1n) is 8.55. The van der Waals surface area contributed by atoms with E-state index >= 15 is 0 Å². The van der Waals surface area contributed by atoms with Gasteiger partial charge in [-0.25, -0.2) is 4.79 Å². The SMILES string of the molecule is COc1cc(C=CC(=O)O)cc(Cl)c1OCCOc1ccccc1C(C)C. The molecule has 0 aliphatic rings. The number of hydrogen-bond acceptors (Lipinski definition) is 4. The van der Waals surface area contributed by atoms with Crippen LogP contribution in [0.4, 0.5) is 0 Å². The molecule has 0 unspecified atom stereocenters. The summed E-state index contributed by atoms with van der Waals surface area (Å²) in [6.07, 6.45) is 2.47. The standard InChI is InChI=1S/C21H23ClO5/c1-14(2)16-6-4-5-7-18(16)26-10-11-27-21-17(22)12-15(8-9-20(23)24)13-19(21)25-3/h4-9,12-14H,10-11H2,1-3H3,(H,23,24). The Morgan fingerprint density at radius 3 is 2.52 bits per heavy atom. The summed E-state index contributed by atoms with van der Waals surface area (Å²) >= 11 is 6.26. The zero-order valence-corrected chi connectivity index (χ0v) is 16.3. The molecule has 0 bridgehead atoms. The molecule has 0 aliphatic carbocycles. The Morgan fingerprint density at radius 1 is 1.15 bits per heavy atom. The average molecular weight is 391 g/mol. The van der Waals surface area contributed by atoms with Crippen LogP contribution in [0.25, 0.3) is 6.08 Å². The van der Waals surface area contributed by atoms with Crippen molar-refractivity contribution in [1.29, 1.82) is 0 Å². The quantitative estimate of drug-likeness (QED) is 0.480. The number of para-hydroxylation sites is 1. The zero-order valence-electron chi connectivity index (χ0n) is 15.6. The van der Waals surface area contributed by atoms with Crippen LogP contribution < -0.4 is 14.2 Å². The monoisotopic (exact) mass is 390 g/mol. The van der Waals surface area contributed by atoms with Gasteiger partial charge >= 0.3 is 5.97 Å². The second kappa shape index (κ2) is 9.88. The number of halogens is 1. The molecular weight excluding hydrogens is 368 g/mol. The van der Waals surface area contributed by atoms with Gasteiger partial charge in [0, 0.05) is 6.08 Å². The Kier molecular flexibility index (Phi) is 7.55. The lowest BCUT2D eigenvalue weighted by molar-refractivity contribution is -0.131. The van der Waals surface area contributed by atoms with Crippen LogP contribution in [-0.4, -0.2) is 31.4 Å². The zero-order chi connectivity index (χ0) is 19.8. The first-order chi connectivity index (χ1) is 12.9. The van der Waals surface area contributed by atoms with Crippen LogP contribution in [0.15, 0.2) is 42.5 Å². The minimum atomic E-state index is -1.04. The molecule has 0 saturated carbocycles. The van der Waals surface area contributed by atoms with Gasteiger partial charge in [0.1, 0.15) is 19.0 Å². The summed E-state index contributed by atoms with van der Waals surface area (Å²) < 4.78 is 16.9. The summed E-state index contributed by atoms with van der Waals surface area (Å²) in [4.78, 5) is 10.6. The van der Waals surface area contributed by atoms with Gasteiger partial charge in [0.2, 0.25) is 0 Å². The minimum absolute atomic E-state index is 0.285. The predicted molar refractivity (Wildman–Crippen MR) is 106 cm³/mol. The highest BCUT2D eigenvalue weighted by Gasteiger charge is 2.12. The molecule has 0 amide bonds. The number of aliphatic carboxylic acids is 1. The molecule has 0 spiro atoms. The summed E-state index contributed by atoms with van der Waals surface area (Å²) in [5.41, 5.74) is 1.75. The van der Waals surface area contributed by atoms with Crippen molar-refractivity contribution in [2.45, 2.75) is 19.8 Å². The number of carbonyl (C=O) groups is 1. The van der Waals surface area contributed by atoms with Crippen LogP contribution in [0.3, 0.4) is 0 Å². The van der Waals surface area contributed by atoms with Crippen molar-refractivity contribution in [3.8, 4) is 17.2 Å². The average Bonchev–Trinajstić information content (AvgIpc) is 2.64. The summed E-state index contributed by atoms with van der Waals surface area (Å²) in [5.74, 6) is 0.984. The highest BCUT2D eigenvalue weighted by Crippen LogP contribution is 2.36. The molecule has 2 aromatic carbocycles. The van der Waals surface area contributed by atoms with Crippen LogP contribution in [0.1, 0.15) is 30.9 Å². The molecule has 2 aromatic rings. The fourth-order valence-corrected chi connectivity index (χ4v) is 2.80. The number of carboxylic acids is 1. The Morgan fingerprint density at radius 2 is 1.85 bits per heavy atom.